The minimum absolute atomic E-state index is 0.00814. The zero-order valence-electron chi connectivity index (χ0n) is 23.3. The Labute approximate surface area is 237 Å². The molecule has 6 rings (SSSR count). The van der Waals surface area contributed by atoms with Crippen molar-refractivity contribution in [3.63, 3.8) is 0 Å². The van der Waals surface area contributed by atoms with Crippen LogP contribution in [0.3, 0.4) is 0 Å². The molecule has 0 radical (unpaired) electrons. The van der Waals surface area contributed by atoms with Crippen molar-refractivity contribution in [3.05, 3.63) is 72.8 Å². The Morgan fingerprint density at radius 2 is 1.88 bits per heavy atom. The Kier molecular flexibility index (Phi) is 6.74. The molecule has 4 heterocycles. The number of fused-ring (bicyclic) bond motifs is 1. The molecule has 0 spiro atoms. The number of nitrogens with one attached hydrogen (secondary N) is 1. The summed E-state index contributed by atoms with van der Waals surface area (Å²) in [6.45, 7) is 5.96. The number of hydrogen-bond acceptors (Lipinski definition) is 8. The van der Waals surface area contributed by atoms with E-state index < -0.39 is 17.2 Å². The molecule has 1 aliphatic carbocycles. The van der Waals surface area contributed by atoms with Crippen molar-refractivity contribution in [2.75, 3.05) is 6.61 Å². The van der Waals surface area contributed by atoms with Gasteiger partial charge in [0.15, 0.2) is 17.3 Å². The van der Waals surface area contributed by atoms with Gasteiger partial charge in [0.1, 0.15) is 16.8 Å². The van der Waals surface area contributed by atoms with E-state index in [9.17, 15) is 9.90 Å². The van der Waals surface area contributed by atoms with Crippen LogP contribution in [0, 0.1) is 0 Å². The number of alkyl carbamates (subject to hydrolysis) is 1. The molecule has 0 bridgehead atoms. The van der Waals surface area contributed by atoms with Gasteiger partial charge in [0, 0.05) is 18.1 Å². The number of pyridine rings is 1. The fraction of sp³-hybridized carbons (Fsp3) is 0.333. The monoisotopic (exact) mass is 552 g/mol. The first-order valence-electron chi connectivity index (χ1n) is 13.7. The van der Waals surface area contributed by atoms with Gasteiger partial charge in [-0.3, -0.25) is 14.2 Å². The van der Waals surface area contributed by atoms with E-state index in [1.54, 1.807) is 23.3 Å². The Bertz CT molecular complexity index is 1680. The molecule has 11 heteroatoms. The van der Waals surface area contributed by atoms with E-state index in [-0.39, 0.29) is 6.61 Å². The summed E-state index contributed by atoms with van der Waals surface area (Å²) in [6, 6.07) is 13.8. The molecule has 210 valence electrons. The first-order chi connectivity index (χ1) is 19.7. The predicted molar refractivity (Wildman–Crippen MR) is 153 cm³/mol. The van der Waals surface area contributed by atoms with Crippen LogP contribution in [-0.2, 0) is 16.8 Å². The lowest BCUT2D eigenvalue weighted by atomic mass is 9.72. The van der Waals surface area contributed by atoms with E-state index in [2.05, 4.69) is 20.4 Å². The average Bonchev–Trinajstić information content (AvgIpc) is 3.55. The van der Waals surface area contributed by atoms with E-state index in [1.165, 1.54) is 0 Å². The maximum Gasteiger partial charge on any atom is 0.408 e. The number of benzene rings is 1. The highest BCUT2D eigenvalue weighted by molar-refractivity contribution is 5.80. The largest absolute Gasteiger partial charge is 0.444 e. The third-order valence-electron chi connectivity index (χ3n) is 7.14. The SMILES string of the molecule is CC(C)(C)OC(=O)NC1(c2ccc(-n3c(-c4ccccn4)nc4cnc(-c5cnn(CCO)c5)nc43)cc2)CCC1. The topological polar surface area (TPSA) is 133 Å². The van der Waals surface area contributed by atoms with Crippen molar-refractivity contribution < 1.29 is 14.6 Å². The smallest absolute Gasteiger partial charge is 0.408 e. The normalized spacial score (nSPS) is 14.5. The summed E-state index contributed by atoms with van der Waals surface area (Å²) >= 11 is 0. The van der Waals surface area contributed by atoms with Gasteiger partial charge in [-0.1, -0.05) is 18.2 Å². The van der Waals surface area contributed by atoms with Gasteiger partial charge in [-0.25, -0.2) is 19.7 Å². The minimum atomic E-state index is -0.568. The molecule has 1 saturated carbocycles. The van der Waals surface area contributed by atoms with Crippen LogP contribution in [0.4, 0.5) is 4.79 Å². The Morgan fingerprint density at radius 3 is 2.54 bits per heavy atom. The number of carbonyl (C=O) groups excluding carboxylic acids is 1. The highest BCUT2D eigenvalue weighted by atomic mass is 16.6. The number of nitrogens with zero attached hydrogens (tertiary/aromatic N) is 7. The maximum atomic E-state index is 12.6. The van der Waals surface area contributed by atoms with Crippen LogP contribution in [-0.4, -0.2) is 57.7 Å². The molecule has 0 unspecified atom stereocenters. The quantitative estimate of drug-likeness (QED) is 0.298. The van der Waals surface area contributed by atoms with Gasteiger partial charge >= 0.3 is 6.09 Å². The Morgan fingerprint density at radius 1 is 1.07 bits per heavy atom. The van der Waals surface area contributed by atoms with Crippen molar-refractivity contribution in [2.24, 2.45) is 0 Å². The van der Waals surface area contributed by atoms with Crippen molar-refractivity contribution >= 4 is 17.3 Å². The summed E-state index contributed by atoms with van der Waals surface area (Å²) in [5, 5.41) is 16.7. The van der Waals surface area contributed by atoms with Crippen LogP contribution in [0.25, 0.3) is 39.8 Å². The molecule has 11 nitrogen and oxygen atoms in total. The number of aromatic nitrogens is 7. The third kappa shape index (κ3) is 5.28. The summed E-state index contributed by atoms with van der Waals surface area (Å²) in [5.74, 6) is 1.14. The van der Waals surface area contributed by atoms with E-state index in [0.29, 0.717) is 35.1 Å². The van der Waals surface area contributed by atoms with E-state index in [1.807, 2.05) is 74.0 Å². The van der Waals surface area contributed by atoms with Crippen molar-refractivity contribution in [1.82, 2.24) is 39.6 Å². The third-order valence-corrected chi connectivity index (χ3v) is 7.14. The molecule has 1 aromatic carbocycles. The molecule has 5 aromatic rings. The second kappa shape index (κ2) is 10.4. The molecule has 0 aliphatic heterocycles. The number of carbonyl (C=O) groups is 1. The summed E-state index contributed by atoms with van der Waals surface area (Å²) in [6.07, 6.45) is 9.24. The van der Waals surface area contributed by atoms with Crippen LogP contribution < -0.4 is 5.32 Å². The second-order valence-electron chi connectivity index (χ2n) is 11.2. The fourth-order valence-corrected chi connectivity index (χ4v) is 5.07. The Balaban J connectivity index is 1.40. The summed E-state index contributed by atoms with van der Waals surface area (Å²) in [5.41, 5.74) is 3.55. The molecule has 1 aliphatic rings. The summed E-state index contributed by atoms with van der Waals surface area (Å²) in [4.78, 5) is 31.5. The van der Waals surface area contributed by atoms with Crippen molar-refractivity contribution in [1.29, 1.82) is 0 Å². The van der Waals surface area contributed by atoms with Gasteiger partial charge in [-0.15, -0.1) is 0 Å². The van der Waals surface area contributed by atoms with E-state index in [0.717, 1.165) is 36.1 Å². The van der Waals surface area contributed by atoms with Crippen molar-refractivity contribution in [3.8, 4) is 28.6 Å². The number of rotatable bonds is 7. The maximum absolute atomic E-state index is 12.6. The lowest BCUT2D eigenvalue weighted by molar-refractivity contribution is 0.0377. The number of imidazole rings is 1. The number of amides is 1. The number of aliphatic hydroxyl groups is 1. The second-order valence-corrected chi connectivity index (χ2v) is 11.2. The summed E-state index contributed by atoms with van der Waals surface area (Å²) in [7, 11) is 0. The van der Waals surface area contributed by atoms with Crippen LogP contribution in [0.2, 0.25) is 0 Å². The standard InChI is InChI=1S/C30H32N8O3/c1-29(2,3)41-28(40)36-30(12-6-13-30)21-8-10-22(11-9-21)38-26(23-7-4-5-14-31-23)34-24-18-32-25(35-27(24)38)20-17-33-37(19-20)15-16-39/h4-5,7-11,14,17-19,39H,6,12-13,15-16H2,1-3H3,(H,36,40). The molecular formula is C30H32N8O3. The fourth-order valence-electron chi connectivity index (χ4n) is 5.07. The first kappa shape index (κ1) is 26.6. The van der Waals surface area contributed by atoms with Crippen LogP contribution in [0.1, 0.15) is 45.6 Å². The van der Waals surface area contributed by atoms with Crippen LogP contribution in [0.5, 0.6) is 0 Å². The molecule has 41 heavy (non-hydrogen) atoms. The van der Waals surface area contributed by atoms with E-state index >= 15 is 0 Å². The molecule has 4 aromatic heterocycles. The number of ether oxygens (including phenoxy) is 1. The zero-order valence-corrected chi connectivity index (χ0v) is 23.3. The van der Waals surface area contributed by atoms with E-state index in [4.69, 9.17) is 14.7 Å². The van der Waals surface area contributed by atoms with Gasteiger partial charge in [0.2, 0.25) is 0 Å². The summed E-state index contributed by atoms with van der Waals surface area (Å²) < 4.78 is 9.17. The minimum Gasteiger partial charge on any atom is -0.444 e. The lowest BCUT2D eigenvalue weighted by Crippen LogP contribution is -2.52. The number of hydrogen-bond donors (Lipinski definition) is 2. The van der Waals surface area contributed by atoms with Gasteiger partial charge in [-0.05, 0) is 69.9 Å². The highest BCUT2D eigenvalue weighted by Crippen LogP contribution is 2.42. The van der Waals surface area contributed by atoms with Gasteiger partial charge in [0.05, 0.1) is 36.6 Å². The molecule has 1 amide bonds. The molecule has 1 fully saturated rings. The molecule has 0 atom stereocenters. The highest BCUT2D eigenvalue weighted by Gasteiger charge is 2.41. The Hall–Kier alpha value is -4.64. The number of aliphatic hydroxyl groups excluding tert-OH is 1. The average molecular weight is 553 g/mol. The molecule has 2 N–H and O–H groups in total. The van der Waals surface area contributed by atoms with Gasteiger partial charge < -0.3 is 15.2 Å². The molecule has 0 saturated heterocycles. The lowest BCUT2D eigenvalue weighted by Gasteiger charge is -2.43. The van der Waals surface area contributed by atoms with Gasteiger partial charge in [0.25, 0.3) is 0 Å². The predicted octanol–water partition coefficient (Wildman–Crippen LogP) is 4.64. The van der Waals surface area contributed by atoms with Gasteiger partial charge in [-0.2, -0.15) is 5.10 Å². The van der Waals surface area contributed by atoms with Crippen LogP contribution in [0.15, 0.2) is 67.3 Å². The molecular weight excluding hydrogens is 520 g/mol. The van der Waals surface area contributed by atoms with Crippen LogP contribution >= 0.6 is 0 Å². The zero-order chi connectivity index (χ0) is 28.6. The van der Waals surface area contributed by atoms with Crippen molar-refractivity contribution in [2.45, 2.75) is 57.7 Å². The first-order valence-corrected chi connectivity index (χ1v) is 13.7.